The zero-order chi connectivity index (χ0) is 13.2. The second-order valence-electron chi connectivity index (χ2n) is 3.35. The van der Waals surface area contributed by atoms with Gasteiger partial charge in [0, 0.05) is 18.1 Å². The highest BCUT2D eigenvalue weighted by molar-refractivity contribution is 7.99. The number of halogens is 1. The number of thioether (sulfide) groups is 1. The first-order valence-corrected chi connectivity index (χ1v) is 7.26. The first kappa shape index (κ1) is 15.0. The molecule has 0 saturated heterocycles. The fraction of sp³-hybridized carbons (Fsp3) is 0.545. The molecule has 0 aromatic carbocycles. The van der Waals surface area contributed by atoms with E-state index in [2.05, 4.69) is 26.8 Å². The van der Waals surface area contributed by atoms with E-state index in [1.165, 1.54) is 0 Å². The van der Waals surface area contributed by atoms with Crippen molar-refractivity contribution in [3.8, 4) is 6.01 Å². The molecule has 5 nitrogen and oxygen atoms in total. The zero-order valence-corrected chi connectivity index (χ0v) is 11.9. The predicted octanol–water partition coefficient (Wildman–Crippen LogP) is 2.64. The SMILES string of the molecule is C=CCSCCNc1nc(Cl)nc(OCCC)n1. The summed E-state index contributed by atoms with van der Waals surface area (Å²) in [6.07, 6.45) is 2.77. The third-order valence-corrected chi connectivity index (χ3v) is 2.92. The summed E-state index contributed by atoms with van der Waals surface area (Å²) >= 11 is 7.57. The van der Waals surface area contributed by atoms with E-state index in [1.807, 2.05) is 13.0 Å². The molecule has 0 unspecified atom stereocenters. The number of ether oxygens (including phenoxy) is 1. The van der Waals surface area contributed by atoms with Crippen molar-refractivity contribution in [2.45, 2.75) is 13.3 Å². The highest BCUT2D eigenvalue weighted by Crippen LogP contribution is 2.11. The third-order valence-electron chi connectivity index (χ3n) is 1.79. The number of nitrogens with zero attached hydrogens (tertiary/aromatic N) is 3. The Morgan fingerprint density at radius 2 is 2.28 bits per heavy atom. The highest BCUT2D eigenvalue weighted by Gasteiger charge is 2.05. The molecule has 0 bridgehead atoms. The molecule has 0 radical (unpaired) electrons. The molecule has 1 aromatic heterocycles. The van der Waals surface area contributed by atoms with Crippen molar-refractivity contribution in [1.82, 2.24) is 15.0 Å². The van der Waals surface area contributed by atoms with Gasteiger partial charge in [0.1, 0.15) is 0 Å². The molecule has 100 valence electrons. The normalized spacial score (nSPS) is 10.1. The molecule has 0 aliphatic rings. The molecule has 7 heteroatoms. The van der Waals surface area contributed by atoms with Crippen LogP contribution >= 0.6 is 23.4 Å². The van der Waals surface area contributed by atoms with Gasteiger partial charge < -0.3 is 10.1 Å². The molecule has 0 saturated carbocycles. The lowest BCUT2D eigenvalue weighted by Gasteiger charge is -2.06. The Balaban J connectivity index is 2.43. The van der Waals surface area contributed by atoms with Gasteiger partial charge in [0.25, 0.3) is 0 Å². The van der Waals surface area contributed by atoms with Gasteiger partial charge in [0.05, 0.1) is 6.61 Å². The van der Waals surface area contributed by atoms with Gasteiger partial charge in [-0.2, -0.15) is 26.7 Å². The summed E-state index contributed by atoms with van der Waals surface area (Å²) in [7, 11) is 0. The average molecular weight is 289 g/mol. The van der Waals surface area contributed by atoms with Crippen LogP contribution in [0.2, 0.25) is 5.28 Å². The lowest BCUT2D eigenvalue weighted by atomic mass is 10.5. The van der Waals surface area contributed by atoms with Crippen molar-refractivity contribution >= 4 is 29.3 Å². The minimum Gasteiger partial charge on any atom is -0.463 e. The summed E-state index contributed by atoms with van der Waals surface area (Å²) in [5.41, 5.74) is 0. The Kier molecular flexibility index (Phi) is 7.52. The Morgan fingerprint density at radius 1 is 1.44 bits per heavy atom. The Morgan fingerprint density at radius 3 is 3.00 bits per heavy atom. The number of rotatable bonds is 9. The Bertz CT molecular complexity index is 378. The van der Waals surface area contributed by atoms with Crippen LogP contribution in [0.25, 0.3) is 0 Å². The van der Waals surface area contributed by atoms with Gasteiger partial charge in [-0.05, 0) is 18.0 Å². The van der Waals surface area contributed by atoms with Crippen molar-refractivity contribution in [2.75, 3.05) is 30.0 Å². The van der Waals surface area contributed by atoms with Gasteiger partial charge in [-0.15, -0.1) is 6.58 Å². The van der Waals surface area contributed by atoms with Crippen LogP contribution in [0.3, 0.4) is 0 Å². The number of hydrogen-bond donors (Lipinski definition) is 1. The molecular weight excluding hydrogens is 272 g/mol. The highest BCUT2D eigenvalue weighted by atomic mass is 35.5. The summed E-state index contributed by atoms with van der Waals surface area (Å²) in [4.78, 5) is 12.0. The molecule has 0 amide bonds. The van der Waals surface area contributed by atoms with E-state index in [0.717, 1.165) is 24.5 Å². The first-order valence-electron chi connectivity index (χ1n) is 5.73. The van der Waals surface area contributed by atoms with Crippen LogP contribution in [0.5, 0.6) is 6.01 Å². The minimum absolute atomic E-state index is 0.136. The van der Waals surface area contributed by atoms with Crippen LogP contribution in [0.15, 0.2) is 12.7 Å². The van der Waals surface area contributed by atoms with E-state index < -0.39 is 0 Å². The van der Waals surface area contributed by atoms with Crippen LogP contribution in [-0.4, -0.2) is 39.6 Å². The van der Waals surface area contributed by atoms with Crippen LogP contribution in [0, 0.1) is 0 Å². The maximum absolute atomic E-state index is 5.79. The smallest absolute Gasteiger partial charge is 0.322 e. The van der Waals surface area contributed by atoms with Gasteiger partial charge in [-0.1, -0.05) is 13.0 Å². The van der Waals surface area contributed by atoms with Crippen molar-refractivity contribution in [2.24, 2.45) is 0 Å². The molecule has 0 aliphatic carbocycles. The third kappa shape index (κ3) is 6.07. The molecule has 1 heterocycles. The Labute approximate surface area is 116 Å². The maximum Gasteiger partial charge on any atom is 0.322 e. The number of aromatic nitrogens is 3. The molecule has 18 heavy (non-hydrogen) atoms. The fourth-order valence-electron chi connectivity index (χ4n) is 1.07. The van der Waals surface area contributed by atoms with E-state index in [-0.39, 0.29) is 11.3 Å². The van der Waals surface area contributed by atoms with E-state index in [9.17, 15) is 0 Å². The summed E-state index contributed by atoms with van der Waals surface area (Å²) in [5.74, 6) is 2.32. The van der Waals surface area contributed by atoms with E-state index in [1.54, 1.807) is 11.8 Å². The minimum atomic E-state index is 0.136. The number of hydrogen-bond acceptors (Lipinski definition) is 6. The first-order chi connectivity index (χ1) is 8.76. The van der Waals surface area contributed by atoms with Crippen molar-refractivity contribution in [3.05, 3.63) is 17.9 Å². The second-order valence-corrected chi connectivity index (χ2v) is 4.84. The maximum atomic E-state index is 5.79. The summed E-state index contributed by atoms with van der Waals surface area (Å²) in [6, 6.07) is 0.262. The molecule has 0 spiro atoms. The molecule has 1 rings (SSSR count). The number of anilines is 1. The van der Waals surface area contributed by atoms with Gasteiger partial charge in [-0.3, -0.25) is 0 Å². The largest absolute Gasteiger partial charge is 0.463 e. The van der Waals surface area contributed by atoms with Crippen molar-refractivity contribution < 1.29 is 4.74 Å². The van der Waals surface area contributed by atoms with Crippen LogP contribution in [0.4, 0.5) is 5.95 Å². The average Bonchev–Trinajstić information content (AvgIpc) is 2.35. The predicted molar refractivity (Wildman–Crippen MR) is 76.6 cm³/mol. The molecular formula is C11H17ClN4OS. The summed E-state index contributed by atoms with van der Waals surface area (Å²) in [5, 5.41) is 3.22. The van der Waals surface area contributed by atoms with Gasteiger partial charge in [0.2, 0.25) is 11.2 Å². The molecule has 0 fully saturated rings. The summed E-state index contributed by atoms with van der Waals surface area (Å²) in [6.45, 7) is 6.99. The van der Waals surface area contributed by atoms with Crippen LogP contribution in [-0.2, 0) is 0 Å². The van der Waals surface area contributed by atoms with Crippen LogP contribution in [0.1, 0.15) is 13.3 Å². The fourth-order valence-corrected chi connectivity index (χ4v) is 1.80. The molecule has 0 atom stereocenters. The van der Waals surface area contributed by atoms with E-state index >= 15 is 0 Å². The lowest BCUT2D eigenvalue weighted by Crippen LogP contribution is -2.10. The van der Waals surface area contributed by atoms with E-state index in [4.69, 9.17) is 16.3 Å². The lowest BCUT2D eigenvalue weighted by molar-refractivity contribution is 0.291. The van der Waals surface area contributed by atoms with Crippen molar-refractivity contribution in [3.63, 3.8) is 0 Å². The number of nitrogens with one attached hydrogen (secondary N) is 1. The van der Waals surface area contributed by atoms with Crippen molar-refractivity contribution in [1.29, 1.82) is 0 Å². The van der Waals surface area contributed by atoms with Gasteiger partial charge in [-0.25, -0.2) is 0 Å². The van der Waals surface area contributed by atoms with E-state index in [0.29, 0.717) is 12.6 Å². The molecule has 1 aromatic rings. The van der Waals surface area contributed by atoms with Gasteiger partial charge in [0.15, 0.2) is 0 Å². The summed E-state index contributed by atoms with van der Waals surface area (Å²) < 4.78 is 5.32. The zero-order valence-electron chi connectivity index (χ0n) is 10.4. The Hall–Kier alpha value is -1.01. The monoisotopic (exact) mass is 288 g/mol. The second kappa shape index (κ2) is 8.99. The standard InChI is InChI=1S/C11H17ClN4OS/c1-3-6-17-11-15-9(12)14-10(16-11)13-5-8-18-7-4-2/h4H,2-3,5-8H2,1H3,(H,13,14,15,16). The van der Waals surface area contributed by atoms with Crippen LogP contribution < -0.4 is 10.1 Å². The molecule has 1 N–H and O–H groups in total. The quantitative estimate of drug-likeness (QED) is 0.557. The molecule has 0 aliphatic heterocycles. The topological polar surface area (TPSA) is 59.9 Å². The van der Waals surface area contributed by atoms with Gasteiger partial charge >= 0.3 is 6.01 Å².